The molecule has 0 unspecified atom stereocenters. The lowest BCUT2D eigenvalue weighted by molar-refractivity contribution is 0.0268. The van der Waals surface area contributed by atoms with Crippen LogP contribution < -0.4 is 0 Å². The number of benzene rings is 2. The molecule has 8 nitrogen and oxygen atoms in total. The topological polar surface area (TPSA) is 92.7 Å². The standard InChI is InChI=1S/C28H28N4O4/c1-17-15-32(28(34)24-20(4)36-30-26(24)22-13-9-6-10-14-22)18(2)16-31(17)27(33)23-19(3)35-29-25(23)21-11-7-5-8-12-21/h5-14,17-18H,15-16H2,1-4H3/t17-,18+. The van der Waals surface area contributed by atoms with Gasteiger partial charge in [-0.05, 0) is 27.7 Å². The van der Waals surface area contributed by atoms with Crippen molar-refractivity contribution in [1.82, 2.24) is 20.1 Å². The maximum atomic E-state index is 13.7. The van der Waals surface area contributed by atoms with Crippen molar-refractivity contribution >= 4 is 11.8 Å². The van der Waals surface area contributed by atoms with Gasteiger partial charge in [-0.1, -0.05) is 71.0 Å². The number of amides is 2. The van der Waals surface area contributed by atoms with Crippen molar-refractivity contribution in [3.05, 3.63) is 83.3 Å². The number of hydrogen-bond acceptors (Lipinski definition) is 6. The van der Waals surface area contributed by atoms with Crippen molar-refractivity contribution in [1.29, 1.82) is 0 Å². The van der Waals surface area contributed by atoms with Crippen molar-refractivity contribution in [2.45, 2.75) is 39.8 Å². The minimum Gasteiger partial charge on any atom is -0.360 e. The molecule has 36 heavy (non-hydrogen) atoms. The molecule has 184 valence electrons. The summed E-state index contributed by atoms with van der Waals surface area (Å²) in [5.41, 5.74) is 3.63. The van der Waals surface area contributed by atoms with Crippen molar-refractivity contribution in [3.63, 3.8) is 0 Å². The van der Waals surface area contributed by atoms with Crippen LogP contribution in [0.2, 0.25) is 0 Å². The first kappa shape index (κ1) is 23.5. The second-order valence-corrected chi connectivity index (χ2v) is 9.27. The maximum Gasteiger partial charge on any atom is 0.260 e. The number of aromatic nitrogens is 2. The van der Waals surface area contributed by atoms with Crippen LogP contribution in [-0.2, 0) is 0 Å². The number of rotatable bonds is 4. The third kappa shape index (κ3) is 4.08. The molecule has 8 heteroatoms. The number of aryl methyl sites for hydroxylation is 2. The normalized spacial score (nSPS) is 17.9. The highest BCUT2D eigenvalue weighted by Gasteiger charge is 2.39. The predicted octanol–water partition coefficient (Wildman–Crippen LogP) is 4.99. The molecule has 2 amide bonds. The second kappa shape index (κ2) is 9.45. The fourth-order valence-electron chi connectivity index (χ4n) is 4.81. The van der Waals surface area contributed by atoms with Gasteiger partial charge in [0, 0.05) is 36.3 Å². The highest BCUT2D eigenvalue weighted by molar-refractivity contribution is 6.02. The van der Waals surface area contributed by atoms with Gasteiger partial charge in [-0.15, -0.1) is 0 Å². The van der Waals surface area contributed by atoms with E-state index in [0.29, 0.717) is 47.1 Å². The summed E-state index contributed by atoms with van der Waals surface area (Å²) in [5, 5.41) is 8.33. The minimum atomic E-state index is -0.212. The average molecular weight is 485 g/mol. The molecule has 0 aliphatic carbocycles. The smallest absolute Gasteiger partial charge is 0.260 e. The zero-order valence-corrected chi connectivity index (χ0v) is 20.8. The Balaban J connectivity index is 1.40. The Kier molecular flexibility index (Phi) is 6.18. The number of carbonyl (C=O) groups is 2. The molecule has 2 aromatic heterocycles. The Morgan fingerprint density at radius 1 is 0.694 bits per heavy atom. The van der Waals surface area contributed by atoms with Gasteiger partial charge >= 0.3 is 0 Å². The highest BCUT2D eigenvalue weighted by Crippen LogP contribution is 2.31. The van der Waals surface area contributed by atoms with Crippen LogP contribution in [0.3, 0.4) is 0 Å². The van der Waals surface area contributed by atoms with Gasteiger partial charge in [0.1, 0.15) is 34.0 Å². The van der Waals surface area contributed by atoms with E-state index in [4.69, 9.17) is 9.05 Å². The summed E-state index contributed by atoms with van der Waals surface area (Å²) in [5.74, 6) is 0.657. The molecular weight excluding hydrogens is 456 g/mol. The van der Waals surface area contributed by atoms with Crippen LogP contribution in [0.4, 0.5) is 0 Å². The third-order valence-electron chi connectivity index (χ3n) is 6.76. The van der Waals surface area contributed by atoms with Crippen molar-refractivity contribution in [2.24, 2.45) is 0 Å². The SMILES string of the molecule is Cc1onc(-c2ccccc2)c1C(=O)N1C[C@H](C)N(C(=O)c2c(-c3ccccc3)noc2C)C[C@H]1C. The summed E-state index contributed by atoms with van der Waals surface area (Å²) in [4.78, 5) is 31.1. The summed E-state index contributed by atoms with van der Waals surface area (Å²) < 4.78 is 10.8. The van der Waals surface area contributed by atoms with Crippen LogP contribution >= 0.6 is 0 Å². The zero-order chi connectivity index (χ0) is 25.4. The zero-order valence-electron chi connectivity index (χ0n) is 20.8. The van der Waals surface area contributed by atoms with Gasteiger partial charge in [-0.2, -0.15) is 0 Å². The predicted molar refractivity (Wildman–Crippen MR) is 134 cm³/mol. The summed E-state index contributed by atoms with van der Waals surface area (Å²) in [6, 6.07) is 18.6. The molecule has 0 radical (unpaired) electrons. The molecule has 4 aromatic rings. The number of carbonyl (C=O) groups excluding carboxylic acids is 2. The summed E-state index contributed by atoms with van der Waals surface area (Å²) in [6.45, 7) is 8.17. The third-order valence-corrected chi connectivity index (χ3v) is 6.76. The summed E-state index contributed by atoms with van der Waals surface area (Å²) >= 11 is 0. The fourth-order valence-corrected chi connectivity index (χ4v) is 4.81. The molecule has 2 atom stereocenters. The van der Waals surface area contributed by atoms with Crippen LogP contribution in [0.15, 0.2) is 69.7 Å². The van der Waals surface area contributed by atoms with Gasteiger partial charge in [0.2, 0.25) is 0 Å². The van der Waals surface area contributed by atoms with Gasteiger partial charge in [-0.25, -0.2) is 0 Å². The van der Waals surface area contributed by atoms with Crippen molar-refractivity contribution < 1.29 is 18.6 Å². The molecule has 1 aliphatic heterocycles. The Bertz CT molecular complexity index is 1290. The van der Waals surface area contributed by atoms with Gasteiger partial charge < -0.3 is 18.8 Å². The van der Waals surface area contributed by atoms with E-state index in [1.807, 2.05) is 74.5 Å². The van der Waals surface area contributed by atoms with Crippen LogP contribution in [0.1, 0.15) is 46.1 Å². The van der Waals surface area contributed by atoms with Crippen molar-refractivity contribution in [3.8, 4) is 22.5 Å². The maximum absolute atomic E-state index is 13.7. The number of hydrogen-bond donors (Lipinski definition) is 0. The van der Waals surface area contributed by atoms with Crippen LogP contribution in [0.5, 0.6) is 0 Å². The van der Waals surface area contributed by atoms with Gasteiger partial charge in [0.25, 0.3) is 11.8 Å². The van der Waals surface area contributed by atoms with E-state index in [0.717, 1.165) is 11.1 Å². The Morgan fingerprint density at radius 2 is 1.06 bits per heavy atom. The molecule has 0 spiro atoms. The molecule has 0 N–H and O–H groups in total. The van der Waals surface area contributed by atoms with Gasteiger partial charge in [0.15, 0.2) is 0 Å². The first-order valence-electron chi connectivity index (χ1n) is 12.0. The Hall–Kier alpha value is -4.20. The molecule has 1 aliphatic rings. The van der Waals surface area contributed by atoms with E-state index >= 15 is 0 Å². The second-order valence-electron chi connectivity index (χ2n) is 9.27. The van der Waals surface area contributed by atoms with Gasteiger partial charge in [-0.3, -0.25) is 9.59 Å². The average Bonchev–Trinajstić information content (AvgIpc) is 3.48. The fraction of sp³-hybridized carbons (Fsp3) is 0.286. The molecule has 0 saturated carbocycles. The first-order valence-corrected chi connectivity index (χ1v) is 12.0. The van der Waals surface area contributed by atoms with E-state index in [1.165, 1.54) is 0 Å². The van der Waals surface area contributed by atoms with Crippen LogP contribution in [0, 0.1) is 13.8 Å². The van der Waals surface area contributed by atoms with E-state index in [9.17, 15) is 9.59 Å². The molecule has 2 aromatic carbocycles. The molecule has 1 fully saturated rings. The van der Waals surface area contributed by atoms with Crippen LogP contribution in [-0.4, -0.2) is 57.1 Å². The quantitative estimate of drug-likeness (QED) is 0.405. The first-order chi connectivity index (χ1) is 17.4. The van der Waals surface area contributed by atoms with E-state index < -0.39 is 0 Å². The Labute approximate surface area is 209 Å². The number of nitrogens with zero attached hydrogens (tertiary/aromatic N) is 4. The van der Waals surface area contributed by atoms with Crippen molar-refractivity contribution in [2.75, 3.05) is 13.1 Å². The Morgan fingerprint density at radius 3 is 1.42 bits per heavy atom. The largest absolute Gasteiger partial charge is 0.360 e. The summed E-state index contributed by atoms with van der Waals surface area (Å²) in [7, 11) is 0. The van der Waals surface area contributed by atoms with Gasteiger partial charge in [0.05, 0.1) is 0 Å². The highest BCUT2D eigenvalue weighted by atomic mass is 16.5. The van der Waals surface area contributed by atoms with E-state index in [-0.39, 0.29) is 23.9 Å². The lowest BCUT2D eigenvalue weighted by atomic mass is 10.0. The molecule has 3 heterocycles. The molecule has 5 rings (SSSR count). The van der Waals surface area contributed by atoms with E-state index in [1.54, 1.807) is 23.6 Å². The molecule has 0 bridgehead atoms. The lowest BCUT2D eigenvalue weighted by Gasteiger charge is -2.44. The molecular formula is C28H28N4O4. The van der Waals surface area contributed by atoms with Crippen LogP contribution in [0.25, 0.3) is 22.5 Å². The van der Waals surface area contributed by atoms with E-state index in [2.05, 4.69) is 10.3 Å². The molecule has 1 saturated heterocycles. The summed E-state index contributed by atoms with van der Waals surface area (Å²) in [6.07, 6.45) is 0. The monoisotopic (exact) mass is 484 g/mol. The minimum absolute atomic E-state index is 0.148. The lowest BCUT2D eigenvalue weighted by Crippen LogP contribution is -2.59. The number of piperazine rings is 1.